The van der Waals surface area contributed by atoms with Gasteiger partial charge in [0.2, 0.25) is 0 Å². The second-order valence-corrected chi connectivity index (χ2v) is 7.28. The molecule has 3 rings (SSSR count). The zero-order valence-electron chi connectivity index (χ0n) is 14.5. The van der Waals surface area contributed by atoms with Gasteiger partial charge in [0.1, 0.15) is 23.3 Å². The maximum absolute atomic E-state index is 14.5. The minimum atomic E-state index is -0.705. The molecule has 0 aromatic heterocycles. The van der Waals surface area contributed by atoms with Gasteiger partial charge >= 0.3 is 0 Å². The molecule has 0 nitrogen and oxygen atoms in total. The summed E-state index contributed by atoms with van der Waals surface area (Å²) in [5.74, 6) is -1.85. The highest BCUT2D eigenvalue weighted by Crippen LogP contribution is 2.36. The Morgan fingerprint density at radius 1 is 0.800 bits per heavy atom. The fourth-order valence-electron chi connectivity index (χ4n) is 3.62. The smallest absolute Gasteiger partial charge is 0.129 e. The molecule has 2 aromatic rings. The van der Waals surface area contributed by atoms with E-state index in [9.17, 15) is 17.6 Å². The van der Waals surface area contributed by atoms with Crippen LogP contribution in [0, 0.1) is 36.1 Å². The first kappa shape index (κ1) is 18.0. The van der Waals surface area contributed by atoms with Gasteiger partial charge in [-0.25, -0.2) is 17.6 Å². The van der Waals surface area contributed by atoms with Crippen LogP contribution in [0.3, 0.4) is 0 Å². The molecule has 0 N–H and O–H groups in total. The third-order valence-corrected chi connectivity index (χ3v) is 5.37. The highest BCUT2D eigenvalue weighted by molar-refractivity contribution is 5.34. The van der Waals surface area contributed by atoms with Crippen LogP contribution in [0.4, 0.5) is 17.6 Å². The Hall–Kier alpha value is -1.84. The molecule has 0 saturated heterocycles. The summed E-state index contributed by atoms with van der Waals surface area (Å²) in [6.45, 7) is 3.52. The van der Waals surface area contributed by atoms with E-state index in [4.69, 9.17) is 0 Å². The molecule has 0 amide bonds. The molecular formula is C21H22F4. The second kappa shape index (κ2) is 7.19. The molecule has 0 unspecified atom stereocenters. The molecule has 25 heavy (non-hydrogen) atoms. The average Bonchev–Trinajstić information content (AvgIpc) is 2.56. The van der Waals surface area contributed by atoms with Gasteiger partial charge in [-0.15, -0.1) is 0 Å². The molecule has 0 heterocycles. The van der Waals surface area contributed by atoms with Crippen LogP contribution in [-0.2, 0) is 6.42 Å². The third-order valence-electron chi connectivity index (χ3n) is 5.37. The lowest BCUT2D eigenvalue weighted by Gasteiger charge is -2.26. The van der Waals surface area contributed by atoms with Crippen LogP contribution in [0.25, 0.3) is 0 Å². The monoisotopic (exact) mass is 350 g/mol. The molecule has 1 fully saturated rings. The topological polar surface area (TPSA) is 0 Å². The van der Waals surface area contributed by atoms with Gasteiger partial charge in [-0.2, -0.15) is 0 Å². The van der Waals surface area contributed by atoms with Crippen LogP contribution < -0.4 is 0 Å². The van der Waals surface area contributed by atoms with Crippen LogP contribution >= 0.6 is 0 Å². The fraction of sp³-hybridized carbons (Fsp3) is 0.429. The molecule has 4 heteroatoms. The molecule has 2 aromatic carbocycles. The number of rotatable bonds is 3. The van der Waals surface area contributed by atoms with E-state index in [2.05, 4.69) is 6.92 Å². The summed E-state index contributed by atoms with van der Waals surface area (Å²) in [6, 6.07) is 5.04. The van der Waals surface area contributed by atoms with E-state index in [1.165, 1.54) is 19.1 Å². The van der Waals surface area contributed by atoms with Crippen molar-refractivity contribution in [2.75, 3.05) is 0 Å². The van der Waals surface area contributed by atoms with E-state index in [-0.39, 0.29) is 29.0 Å². The van der Waals surface area contributed by atoms with Gasteiger partial charge in [-0.1, -0.05) is 19.8 Å². The van der Waals surface area contributed by atoms with Crippen LogP contribution in [0.1, 0.15) is 60.8 Å². The fourth-order valence-corrected chi connectivity index (χ4v) is 3.62. The SMILES string of the molecule is Cc1c(F)cc(Cc2c(F)cc(C3CCC(C)CC3)cc2F)cc1F. The largest absolute Gasteiger partial charge is 0.207 e. The van der Waals surface area contributed by atoms with Crippen LogP contribution in [0.2, 0.25) is 0 Å². The standard InChI is InChI=1S/C21H22F4/c1-12-3-5-15(6-4-12)16-10-20(24)17(21(25)11-16)7-14-8-18(22)13(2)19(23)9-14/h8-12,15H,3-7H2,1-2H3. The Balaban J connectivity index is 1.86. The molecule has 0 radical (unpaired) electrons. The van der Waals surface area contributed by atoms with E-state index < -0.39 is 23.3 Å². The molecule has 0 aliphatic heterocycles. The van der Waals surface area contributed by atoms with E-state index >= 15 is 0 Å². The Kier molecular flexibility index (Phi) is 5.16. The van der Waals surface area contributed by atoms with Gasteiger partial charge in [0, 0.05) is 17.5 Å². The van der Waals surface area contributed by atoms with Crippen molar-refractivity contribution < 1.29 is 17.6 Å². The summed E-state index contributed by atoms with van der Waals surface area (Å²) in [4.78, 5) is 0. The first-order chi connectivity index (χ1) is 11.8. The highest BCUT2D eigenvalue weighted by atomic mass is 19.1. The van der Waals surface area contributed by atoms with Crippen molar-refractivity contribution in [2.24, 2.45) is 5.92 Å². The molecule has 0 spiro atoms. The number of hydrogen-bond donors (Lipinski definition) is 0. The Morgan fingerprint density at radius 2 is 1.32 bits per heavy atom. The first-order valence-corrected chi connectivity index (χ1v) is 8.77. The van der Waals surface area contributed by atoms with Crippen molar-refractivity contribution in [3.63, 3.8) is 0 Å². The van der Waals surface area contributed by atoms with Crippen molar-refractivity contribution in [3.05, 3.63) is 69.8 Å². The van der Waals surface area contributed by atoms with E-state index in [0.717, 1.165) is 37.8 Å². The Bertz CT molecular complexity index is 727. The summed E-state index contributed by atoms with van der Waals surface area (Å²) < 4.78 is 56.3. The number of benzene rings is 2. The van der Waals surface area contributed by atoms with Crippen molar-refractivity contribution in [3.8, 4) is 0 Å². The Labute approximate surface area is 145 Å². The zero-order chi connectivity index (χ0) is 18.1. The van der Waals surface area contributed by atoms with Gasteiger partial charge in [0.05, 0.1) is 0 Å². The van der Waals surface area contributed by atoms with Crippen molar-refractivity contribution in [1.29, 1.82) is 0 Å². The summed E-state index contributed by atoms with van der Waals surface area (Å²) >= 11 is 0. The molecule has 0 bridgehead atoms. The molecular weight excluding hydrogens is 328 g/mol. The predicted molar refractivity (Wildman–Crippen MR) is 90.6 cm³/mol. The maximum Gasteiger partial charge on any atom is 0.129 e. The predicted octanol–water partition coefficient (Wildman–Crippen LogP) is 6.44. The van der Waals surface area contributed by atoms with Gasteiger partial charge < -0.3 is 0 Å². The van der Waals surface area contributed by atoms with Gasteiger partial charge in [0.15, 0.2) is 0 Å². The highest BCUT2D eigenvalue weighted by Gasteiger charge is 2.22. The molecule has 134 valence electrons. The van der Waals surface area contributed by atoms with E-state index in [1.54, 1.807) is 0 Å². The van der Waals surface area contributed by atoms with Crippen molar-refractivity contribution in [1.82, 2.24) is 0 Å². The summed E-state index contributed by atoms with van der Waals surface area (Å²) in [5.41, 5.74) is 0.673. The normalized spacial score (nSPS) is 20.7. The van der Waals surface area contributed by atoms with Crippen molar-refractivity contribution >= 4 is 0 Å². The first-order valence-electron chi connectivity index (χ1n) is 8.77. The summed E-state index contributed by atoms with van der Waals surface area (Å²) in [6.07, 6.45) is 3.84. The van der Waals surface area contributed by atoms with Gasteiger partial charge in [-0.05, 0) is 67.0 Å². The quantitative estimate of drug-likeness (QED) is 0.559. The minimum absolute atomic E-state index is 0.0911. The van der Waals surface area contributed by atoms with Crippen molar-refractivity contribution in [2.45, 2.75) is 51.9 Å². The van der Waals surface area contributed by atoms with Crippen LogP contribution in [0.5, 0.6) is 0 Å². The van der Waals surface area contributed by atoms with Crippen LogP contribution in [-0.4, -0.2) is 0 Å². The number of halogens is 4. The van der Waals surface area contributed by atoms with Crippen LogP contribution in [0.15, 0.2) is 24.3 Å². The van der Waals surface area contributed by atoms with Gasteiger partial charge in [-0.3, -0.25) is 0 Å². The summed E-state index contributed by atoms with van der Waals surface area (Å²) in [7, 11) is 0. The molecule has 1 aliphatic rings. The minimum Gasteiger partial charge on any atom is -0.207 e. The lowest BCUT2D eigenvalue weighted by atomic mass is 9.79. The zero-order valence-corrected chi connectivity index (χ0v) is 14.5. The van der Waals surface area contributed by atoms with Gasteiger partial charge in [0.25, 0.3) is 0 Å². The molecule has 1 saturated carbocycles. The lowest BCUT2D eigenvalue weighted by molar-refractivity contribution is 0.346. The third kappa shape index (κ3) is 3.88. The number of hydrogen-bond acceptors (Lipinski definition) is 0. The van der Waals surface area contributed by atoms with E-state index in [0.29, 0.717) is 11.5 Å². The Morgan fingerprint density at radius 3 is 1.84 bits per heavy atom. The molecule has 0 atom stereocenters. The maximum atomic E-state index is 14.5. The molecule has 1 aliphatic carbocycles. The second-order valence-electron chi connectivity index (χ2n) is 7.28. The lowest BCUT2D eigenvalue weighted by Crippen LogP contribution is -2.12. The van der Waals surface area contributed by atoms with E-state index in [1.807, 2.05) is 0 Å². The summed E-state index contributed by atoms with van der Waals surface area (Å²) in [5, 5.41) is 0. The average molecular weight is 350 g/mol.